The zero-order valence-electron chi connectivity index (χ0n) is 6.97. The average molecular weight is 199 g/mol. The molecular weight excluding hydrogens is 187 g/mol. The van der Waals surface area contributed by atoms with Crippen LogP contribution in [-0.2, 0) is 4.79 Å². The number of nitrogens with two attached hydrogens (primary N) is 1. The molecule has 0 saturated carbocycles. The Morgan fingerprint density at radius 3 is 2.31 bits per heavy atom. The van der Waals surface area contributed by atoms with Gasteiger partial charge in [-0.05, 0) is 12.8 Å². The second-order valence-corrected chi connectivity index (χ2v) is 2.81. The summed E-state index contributed by atoms with van der Waals surface area (Å²) in [6.45, 7) is 0. The van der Waals surface area contributed by atoms with Crippen LogP contribution in [0.15, 0.2) is 0 Å². The summed E-state index contributed by atoms with van der Waals surface area (Å²) in [7, 11) is 0. The first-order valence-corrected chi connectivity index (χ1v) is 3.88. The number of hydrogen-bond acceptors (Lipinski definition) is 2. The van der Waals surface area contributed by atoms with Crippen molar-refractivity contribution in [1.82, 2.24) is 0 Å². The molecule has 1 atom stereocenters. The first-order chi connectivity index (χ1) is 5.83. The van der Waals surface area contributed by atoms with Crippen LogP contribution in [0, 0.1) is 0 Å². The van der Waals surface area contributed by atoms with Crippen molar-refractivity contribution in [3.8, 4) is 0 Å². The van der Waals surface area contributed by atoms with Crippen molar-refractivity contribution < 1.29 is 23.1 Å². The molecule has 3 nitrogen and oxygen atoms in total. The second-order valence-electron chi connectivity index (χ2n) is 2.81. The van der Waals surface area contributed by atoms with E-state index in [9.17, 15) is 18.0 Å². The van der Waals surface area contributed by atoms with Gasteiger partial charge in [-0.15, -0.1) is 0 Å². The highest BCUT2D eigenvalue weighted by Gasteiger charge is 2.26. The second kappa shape index (κ2) is 5.06. The van der Waals surface area contributed by atoms with Crippen molar-refractivity contribution in [2.75, 3.05) is 0 Å². The molecule has 0 rings (SSSR count). The molecule has 0 bridgehead atoms. The van der Waals surface area contributed by atoms with Gasteiger partial charge < -0.3 is 10.8 Å². The van der Waals surface area contributed by atoms with Crippen LogP contribution in [0.1, 0.15) is 25.7 Å². The molecule has 0 unspecified atom stereocenters. The number of carbonyl (C=O) groups is 1. The van der Waals surface area contributed by atoms with E-state index in [4.69, 9.17) is 10.8 Å². The molecule has 0 heterocycles. The van der Waals surface area contributed by atoms with Crippen LogP contribution in [0.5, 0.6) is 0 Å². The van der Waals surface area contributed by atoms with Crippen molar-refractivity contribution in [1.29, 1.82) is 0 Å². The van der Waals surface area contributed by atoms with Gasteiger partial charge >= 0.3 is 12.1 Å². The molecule has 13 heavy (non-hydrogen) atoms. The van der Waals surface area contributed by atoms with Crippen molar-refractivity contribution in [2.24, 2.45) is 5.73 Å². The molecule has 0 aromatic heterocycles. The Morgan fingerprint density at radius 2 is 1.92 bits per heavy atom. The summed E-state index contributed by atoms with van der Waals surface area (Å²) in [4.78, 5) is 10.1. The molecule has 0 aromatic rings. The summed E-state index contributed by atoms with van der Waals surface area (Å²) in [5.74, 6) is -1.17. The van der Waals surface area contributed by atoms with Gasteiger partial charge in [0.05, 0.1) is 0 Å². The standard InChI is InChI=1S/C7H12F3NO2/c8-7(9,10)4-2-1-3-5(11)6(12)13/h5H,1-4,11H2,(H,12,13)/t5-/m0/s1. The fourth-order valence-corrected chi connectivity index (χ4v) is 0.813. The van der Waals surface area contributed by atoms with Gasteiger partial charge in [-0.25, -0.2) is 0 Å². The minimum absolute atomic E-state index is 0.0650. The number of halogens is 3. The topological polar surface area (TPSA) is 63.3 Å². The number of hydrogen-bond donors (Lipinski definition) is 2. The molecule has 0 aromatic carbocycles. The van der Waals surface area contributed by atoms with Crippen LogP contribution >= 0.6 is 0 Å². The van der Waals surface area contributed by atoms with Crippen LogP contribution in [0.4, 0.5) is 13.2 Å². The number of carboxylic acid groups (broad SMARTS) is 1. The summed E-state index contributed by atoms with van der Waals surface area (Å²) in [6, 6.07) is -1.05. The third-order valence-electron chi connectivity index (χ3n) is 1.54. The van der Waals surface area contributed by atoms with Crippen LogP contribution < -0.4 is 5.73 Å². The van der Waals surface area contributed by atoms with E-state index < -0.39 is 24.6 Å². The molecule has 0 radical (unpaired) electrons. The first-order valence-electron chi connectivity index (χ1n) is 3.88. The van der Waals surface area contributed by atoms with Gasteiger partial charge in [0.15, 0.2) is 0 Å². The van der Waals surface area contributed by atoms with Gasteiger partial charge in [-0.1, -0.05) is 6.42 Å². The maximum Gasteiger partial charge on any atom is 0.389 e. The van der Waals surface area contributed by atoms with Gasteiger partial charge in [0, 0.05) is 6.42 Å². The van der Waals surface area contributed by atoms with Gasteiger partial charge in [0.2, 0.25) is 0 Å². The third kappa shape index (κ3) is 7.58. The molecule has 0 aliphatic carbocycles. The van der Waals surface area contributed by atoms with Gasteiger partial charge in [-0.2, -0.15) is 13.2 Å². The van der Waals surface area contributed by atoms with Gasteiger partial charge in [-0.3, -0.25) is 4.79 Å². The Labute approximate surface area is 73.7 Å². The Hall–Kier alpha value is -0.780. The Bertz CT molecular complexity index is 170. The predicted molar refractivity (Wildman–Crippen MR) is 40.1 cm³/mol. The fourth-order valence-electron chi connectivity index (χ4n) is 0.813. The Kier molecular flexibility index (Phi) is 4.76. The monoisotopic (exact) mass is 199 g/mol. The summed E-state index contributed by atoms with van der Waals surface area (Å²) < 4.78 is 34.8. The van der Waals surface area contributed by atoms with Crippen molar-refractivity contribution in [3.63, 3.8) is 0 Å². The molecule has 0 spiro atoms. The first kappa shape index (κ1) is 12.2. The van der Waals surface area contributed by atoms with E-state index in [0.29, 0.717) is 0 Å². The summed E-state index contributed by atoms with van der Waals surface area (Å²) in [5, 5.41) is 8.29. The Morgan fingerprint density at radius 1 is 1.38 bits per heavy atom. The maximum absolute atomic E-state index is 11.6. The highest BCUT2D eigenvalue weighted by molar-refractivity contribution is 5.72. The Balaban J connectivity index is 3.41. The minimum atomic E-state index is -4.16. The quantitative estimate of drug-likeness (QED) is 0.660. The van der Waals surface area contributed by atoms with Crippen LogP contribution in [-0.4, -0.2) is 23.3 Å². The van der Waals surface area contributed by atoms with E-state index in [2.05, 4.69) is 0 Å². The van der Waals surface area contributed by atoms with Crippen molar-refractivity contribution in [2.45, 2.75) is 37.9 Å². The van der Waals surface area contributed by atoms with Crippen molar-refractivity contribution >= 4 is 5.97 Å². The van der Waals surface area contributed by atoms with E-state index >= 15 is 0 Å². The number of alkyl halides is 3. The maximum atomic E-state index is 11.6. The average Bonchev–Trinajstić information content (AvgIpc) is 1.95. The molecule has 0 saturated heterocycles. The molecule has 0 fully saturated rings. The number of aliphatic carboxylic acids is 1. The van der Waals surface area contributed by atoms with E-state index in [0.717, 1.165) is 0 Å². The highest BCUT2D eigenvalue weighted by atomic mass is 19.4. The smallest absolute Gasteiger partial charge is 0.389 e. The highest BCUT2D eigenvalue weighted by Crippen LogP contribution is 2.22. The largest absolute Gasteiger partial charge is 0.480 e. The lowest BCUT2D eigenvalue weighted by atomic mass is 10.1. The van der Waals surface area contributed by atoms with Gasteiger partial charge in [0.25, 0.3) is 0 Å². The van der Waals surface area contributed by atoms with E-state index in [-0.39, 0.29) is 19.3 Å². The lowest BCUT2D eigenvalue weighted by molar-refractivity contribution is -0.138. The summed E-state index contributed by atoms with van der Waals surface area (Å²) in [5.41, 5.74) is 5.09. The van der Waals surface area contributed by atoms with E-state index in [1.807, 2.05) is 0 Å². The van der Waals surface area contributed by atoms with Gasteiger partial charge in [0.1, 0.15) is 6.04 Å². The minimum Gasteiger partial charge on any atom is -0.480 e. The number of rotatable bonds is 5. The molecule has 0 aliphatic rings. The molecular formula is C7H12F3NO2. The summed E-state index contributed by atoms with van der Waals surface area (Å²) in [6.07, 6.45) is -4.82. The van der Waals surface area contributed by atoms with E-state index in [1.54, 1.807) is 0 Å². The van der Waals surface area contributed by atoms with Crippen LogP contribution in [0.25, 0.3) is 0 Å². The lowest BCUT2D eigenvalue weighted by Crippen LogP contribution is -2.29. The lowest BCUT2D eigenvalue weighted by Gasteiger charge is -2.07. The number of unbranched alkanes of at least 4 members (excludes halogenated alkanes) is 1. The molecule has 6 heteroatoms. The molecule has 78 valence electrons. The normalized spacial score (nSPS) is 14.2. The molecule has 3 N–H and O–H groups in total. The van der Waals surface area contributed by atoms with E-state index in [1.165, 1.54) is 0 Å². The van der Waals surface area contributed by atoms with Crippen LogP contribution in [0.2, 0.25) is 0 Å². The fraction of sp³-hybridized carbons (Fsp3) is 0.857. The van der Waals surface area contributed by atoms with Crippen LogP contribution in [0.3, 0.4) is 0 Å². The number of carboxylic acids is 1. The zero-order valence-corrected chi connectivity index (χ0v) is 6.97. The predicted octanol–water partition coefficient (Wildman–Crippen LogP) is 1.52. The summed E-state index contributed by atoms with van der Waals surface area (Å²) >= 11 is 0. The molecule has 0 aliphatic heterocycles. The molecule has 0 amide bonds. The third-order valence-corrected chi connectivity index (χ3v) is 1.54. The van der Waals surface area contributed by atoms with Crippen molar-refractivity contribution in [3.05, 3.63) is 0 Å². The zero-order chi connectivity index (χ0) is 10.5. The SMILES string of the molecule is N[C@@H](CCCCC(F)(F)F)C(=O)O.